The van der Waals surface area contributed by atoms with Gasteiger partial charge in [-0.05, 0) is 48.1 Å². The number of carbonyl (C=O) groups is 2. The molecule has 0 bridgehead atoms. The number of carboxylic acids is 1. The monoisotopic (exact) mass is 293 g/mol. The molecule has 3 atom stereocenters. The Bertz CT molecular complexity index is 539. The van der Waals surface area contributed by atoms with E-state index in [1.807, 2.05) is 18.4 Å². The zero-order valence-electron chi connectivity index (χ0n) is 11.5. The van der Waals surface area contributed by atoms with Crippen molar-refractivity contribution in [2.75, 3.05) is 6.54 Å². The second kappa shape index (κ2) is 5.20. The normalized spacial score (nSPS) is 28.6. The van der Waals surface area contributed by atoms with Crippen LogP contribution in [-0.2, 0) is 11.2 Å². The Morgan fingerprint density at radius 1 is 1.45 bits per heavy atom. The van der Waals surface area contributed by atoms with Crippen LogP contribution in [0, 0.1) is 11.8 Å². The van der Waals surface area contributed by atoms with Crippen LogP contribution in [-0.4, -0.2) is 34.5 Å². The van der Waals surface area contributed by atoms with Gasteiger partial charge in [-0.25, -0.2) is 4.79 Å². The molecule has 1 aliphatic heterocycles. The number of aryl methyl sites for hydroxylation is 1. The number of nitrogens with zero attached hydrogens (tertiary/aromatic N) is 1. The smallest absolute Gasteiger partial charge is 0.326 e. The maximum atomic E-state index is 12.7. The number of hydrogen-bond donors (Lipinski definition) is 1. The fraction of sp³-hybridized carbons (Fsp3) is 0.600. The molecule has 1 N–H and O–H groups in total. The van der Waals surface area contributed by atoms with Gasteiger partial charge >= 0.3 is 5.97 Å². The van der Waals surface area contributed by atoms with Gasteiger partial charge in [0.05, 0.1) is 4.88 Å². The Balaban J connectivity index is 1.89. The molecule has 108 valence electrons. The van der Waals surface area contributed by atoms with Crippen molar-refractivity contribution in [1.82, 2.24) is 4.90 Å². The van der Waals surface area contributed by atoms with Crippen molar-refractivity contribution in [3.8, 4) is 0 Å². The number of amides is 1. The SMILES string of the molecule is CCc1ccsc1C(=O)N1CC2CCCC2C1C(=O)O. The van der Waals surface area contributed by atoms with E-state index in [9.17, 15) is 14.7 Å². The molecule has 3 rings (SSSR count). The van der Waals surface area contributed by atoms with E-state index in [2.05, 4.69) is 0 Å². The molecule has 1 aromatic rings. The first-order valence-corrected chi connectivity index (χ1v) is 8.11. The molecule has 5 heteroatoms. The summed E-state index contributed by atoms with van der Waals surface area (Å²) < 4.78 is 0. The standard InChI is InChI=1S/C15H19NO3S/c1-2-9-6-7-20-13(9)14(17)16-8-10-4-3-5-11(10)12(16)15(18)19/h6-7,10-12H,2-5,8H2,1H3,(H,18,19). The summed E-state index contributed by atoms with van der Waals surface area (Å²) in [6, 6.07) is 1.34. The molecule has 2 fully saturated rings. The van der Waals surface area contributed by atoms with Gasteiger partial charge in [0.25, 0.3) is 5.91 Å². The number of aliphatic carboxylic acids is 1. The van der Waals surface area contributed by atoms with Crippen LogP contribution in [0.2, 0.25) is 0 Å². The van der Waals surface area contributed by atoms with Crippen LogP contribution in [0.15, 0.2) is 11.4 Å². The van der Waals surface area contributed by atoms with Crippen molar-refractivity contribution in [2.24, 2.45) is 11.8 Å². The van der Waals surface area contributed by atoms with Crippen LogP contribution in [0.25, 0.3) is 0 Å². The number of carbonyl (C=O) groups excluding carboxylic acids is 1. The summed E-state index contributed by atoms with van der Waals surface area (Å²) in [5.74, 6) is -0.396. The number of likely N-dealkylation sites (tertiary alicyclic amines) is 1. The summed E-state index contributed by atoms with van der Waals surface area (Å²) in [5.41, 5.74) is 1.03. The van der Waals surface area contributed by atoms with Gasteiger partial charge in [-0.2, -0.15) is 0 Å². The van der Waals surface area contributed by atoms with E-state index in [1.54, 1.807) is 4.90 Å². The summed E-state index contributed by atoms with van der Waals surface area (Å²) in [5, 5.41) is 11.4. The third kappa shape index (κ3) is 2.04. The molecule has 3 unspecified atom stereocenters. The minimum atomic E-state index is -0.845. The molecule has 2 aliphatic rings. The fourth-order valence-corrected chi connectivity index (χ4v) is 4.71. The average Bonchev–Trinajstić information content (AvgIpc) is 3.11. The molecule has 1 aromatic heterocycles. The summed E-state index contributed by atoms with van der Waals surface area (Å²) >= 11 is 1.43. The number of hydrogen-bond acceptors (Lipinski definition) is 3. The van der Waals surface area contributed by atoms with Gasteiger partial charge in [0.2, 0.25) is 0 Å². The molecule has 1 saturated carbocycles. The molecule has 1 amide bonds. The van der Waals surface area contributed by atoms with Crippen LogP contribution in [0.1, 0.15) is 41.4 Å². The fourth-order valence-electron chi connectivity index (χ4n) is 3.76. The topological polar surface area (TPSA) is 57.6 Å². The minimum Gasteiger partial charge on any atom is -0.480 e. The zero-order chi connectivity index (χ0) is 14.3. The Hall–Kier alpha value is -1.36. The van der Waals surface area contributed by atoms with Crippen LogP contribution >= 0.6 is 11.3 Å². The van der Waals surface area contributed by atoms with Crippen LogP contribution < -0.4 is 0 Å². The summed E-state index contributed by atoms with van der Waals surface area (Å²) in [7, 11) is 0. The molecule has 0 spiro atoms. The lowest BCUT2D eigenvalue weighted by atomic mass is 9.94. The number of rotatable bonds is 3. The minimum absolute atomic E-state index is 0.0846. The predicted octanol–water partition coefficient (Wildman–Crippen LogP) is 2.64. The highest BCUT2D eigenvalue weighted by Gasteiger charge is 2.49. The third-order valence-corrected chi connectivity index (χ3v) is 5.67. The Labute approximate surface area is 122 Å². The lowest BCUT2D eigenvalue weighted by Crippen LogP contribution is -2.43. The third-order valence-electron chi connectivity index (χ3n) is 4.73. The molecule has 0 radical (unpaired) electrons. The maximum absolute atomic E-state index is 12.7. The second-order valence-electron chi connectivity index (χ2n) is 5.72. The van der Waals surface area contributed by atoms with E-state index in [0.717, 1.165) is 36.1 Å². The highest BCUT2D eigenvalue weighted by molar-refractivity contribution is 7.12. The number of thiophene rings is 1. The molecule has 1 aliphatic carbocycles. The molecule has 0 aromatic carbocycles. The summed E-state index contributed by atoms with van der Waals surface area (Å²) in [6.45, 7) is 2.63. The lowest BCUT2D eigenvalue weighted by Gasteiger charge is -2.24. The Morgan fingerprint density at radius 3 is 2.95 bits per heavy atom. The summed E-state index contributed by atoms with van der Waals surface area (Å²) in [4.78, 5) is 26.6. The van der Waals surface area contributed by atoms with Crippen molar-refractivity contribution in [2.45, 2.75) is 38.6 Å². The average molecular weight is 293 g/mol. The summed E-state index contributed by atoms with van der Waals surface area (Å²) in [6.07, 6.45) is 3.91. The van der Waals surface area contributed by atoms with Crippen LogP contribution in [0.5, 0.6) is 0 Å². The van der Waals surface area contributed by atoms with E-state index >= 15 is 0 Å². The van der Waals surface area contributed by atoms with E-state index in [4.69, 9.17) is 0 Å². The predicted molar refractivity (Wildman–Crippen MR) is 77.0 cm³/mol. The van der Waals surface area contributed by atoms with E-state index in [0.29, 0.717) is 12.5 Å². The van der Waals surface area contributed by atoms with Crippen molar-refractivity contribution in [1.29, 1.82) is 0 Å². The van der Waals surface area contributed by atoms with E-state index in [1.165, 1.54) is 11.3 Å². The van der Waals surface area contributed by atoms with E-state index in [-0.39, 0.29) is 11.8 Å². The Morgan fingerprint density at radius 2 is 2.25 bits per heavy atom. The molecular weight excluding hydrogens is 274 g/mol. The quantitative estimate of drug-likeness (QED) is 0.932. The Kier molecular flexibility index (Phi) is 3.54. The molecule has 20 heavy (non-hydrogen) atoms. The van der Waals surface area contributed by atoms with Crippen molar-refractivity contribution < 1.29 is 14.7 Å². The van der Waals surface area contributed by atoms with E-state index < -0.39 is 12.0 Å². The van der Waals surface area contributed by atoms with Crippen LogP contribution in [0.3, 0.4) is 0 Å². The van der Waals surface area contributed by atoms with Gasteiger partial charge in [0, 0.05) is 6.54 Å². The van der Waals surface area contributed by atoms with Gasteiger partial charge in [-0.15, -0.1) is 11.3 Å². The van der Waals surface area contributed by atoms with Gasteiger partial charge in [0.1, 0.15) is 6.04 Å². The molecule has 2 heterocycles. The van der Waals surface area contributed by atoms with Crippen molar-refractivity contribution in [3.05, 3.63) is 21.9 Å². The highest BCUT2D eigenvalue weighted by atomic mass is 32.1. The molecular formula is C15H19NO3S. The van der Waals surface area contributed by atoms with Crippen LogP contribution in [0.4, 0.5) is 0 Å². The first kappa shape index (κ1) is 13.6. The first-order chi connectivity index (χ1) is 9.63. The van der Waals surface area contributed by atoms with Crippen molar-refractivity contribution >= 4 is 23.2 Å². The number of carboxylic acid groups (broad SMARTS) is 1. The second-order valence-corrected chi connectivity index (χ2v) is 6.64. The number of fused-ring (bicyclic) bond motifs is 1. The van der Waals surface area contributed by atoms with Gasteiger partial charge in [0.15, 0.2) is 0 Å². The molecule has 4 nitrogen and oxygen atoms in total. The van der Waals surface area contributed by atoms with Gasteiger partial charge in [-0.1, -0.05) is 13.3 Å². The maximum Gasteiger partial charge on any atom is 0.326 e. The largest absolute Gasteiger partial charge is 0.480 e. The van der Waals surface area contributed by atoms with Crippen molar-refractivity contribution in [3.63, 3.8) is 0 Å². The first-order valence-electron chi connectivity index (χ1n) is 7.23. The van der Waals surface area contributed by atoms with Gasteiger partial charge in [-0.3, -0.25) is 4.79 Å². The molecule has 1 saturated heterocycles. The zero-order valence-corrected chi connectivity index (χ0v) is 12.4. The lowest BCUT2D eigenvalue weighted by molar-refractivity contribution is -0.142. The van der Waals surface area contributed by atoms with Gasteiger partial charge < -0.3 is 10.0 Å². The highest BCUT2D eigenvalue weighted by Crippen LogP contribution is 2.43.